The normalized spacial score (nSPS) is 18.5. The number of hydrogen-bond acceptors (Lipinski definition) is 2. The third-order valence-electron chi connectivity index (χ3n) is 6.24. The minimum atomic E-state index is -0.507. The molecule has 0 saturated heterocycles. The van der Waals surface area contributed by atoms with Crippen LogP contribution in [0, 0.1) is 22.2 Å². The van der Waals surface area contributed by atoms with Crippen molar-refractivity contribution in [3.8, 4) is 0 Å². The summed E-state index contributed by atoms with van der Waals surface area (Å²) in [5.41, 5.74) is -0.981. The average molecular weight is 367 g/mol. The van der Waals surface area contributed by atoms with Crippen LogP contribution in [-0.2, 0) is 9.53 Å². The van der Waals surface area contributed by atoms with Gasteiger partial charge in [-0.3, -0.25) is 4.79 Å². The van der Waals surface area contributed by atoms with Gasteiger partial charge in [0.15, 0.2) is 0 Å². The number of carbonyl (C=O) groups is 1. The van der Waals surface area contributed by atoms with Crippen molar-refractivity contribution in [1.29, 1.82) is 0 Å². The van der Waals surface area contributed by atoms with Gasteiger partial charge in [-0.1, -0.05) is 67.9 Å². The van der Waals surface area contributed by atoms with Crippen molar-refractivity contribution in [3.05, 3.63) is 12.7 Å². The molecule has 0 aliphatic rings. The van der Waals surface area contributed by atoms with E-state index in [-0.39, 0.29) is 16.8 Å². The maximum atomic E-state index is 13.4. The highest BCUT2D eigenvalue weighted by atomic mass is 16.6. The molecule has 2 nitrogen and oxygen atoms in total. The van der Waals surface area contributed by atoms with E-state index in [2.05, 4.69) is 75.8 Å². The Kier molecular flexibility index (Phi) is 9.13. The molecule has 0 spiro atoms. The summed E-state index contributed by atoms with van der Waals surface area (Å²) in [6, 6.07) is 0. The van der Waals surface area contributed by atoms with Crippen molar-refractivity contribution >= 4 is 5.97 Å². The van der Waals surface area contributed by atoms with Crippen LogP contribution in [-0.4, -0.2) is 11.6 Å². The Morgan fingerprint density at radius 2 is 1.58 bits per heavy atom. The lowest BCUT2D eigenvalue weighted by molar-refractivity contribution is -0.181. The lowest BCUT2D eigenvalue weighted by Gasteiger charge is -2.45. The molecule has 0 amide bonds. The lowest BCUT2D eigenvalue weighted by atomic mass is 9.61. The van der Waals surface area contributed by atoms with Gasteiger partial charge < -0.3 is 4.74 Å². The molecule has 0 aliphatic carbocycles. The number of hydrogen-bond donors (Lipinski definition) is 0. The SMILES string of the molecule is C=CCC(CC)CCC(C)(CC)OC(=O)C(C)(CC(C)(C)C)C(C)(C)C. The molecule has 154 valence electrons. The van der Waals surface area contributed by atoms with Gasteiger partial charge in [-0.05, 0) is 62.7 Å². The summed E-state index contributed by atoms with van der Waals surface area (Å²) < 4.78 is 6.23. The first kappa shape index (κ1) is 25.2. The molecule has 0 aromatic rings. The molecule has 2 heteroatoms. The Hall–Kier alpha value is -0.790. The van der Waals surface area contributed by atoms with Gasteiger partial charge in [-0.2, -0.15) is 0 Å². The molecule has 0 N–H and O–H groups in total. The fourth-order valence-corrected chi connectivity index (χ4v) is 3.57. The van der Waals surface area contributed by atoms with E-state index in [0.29, 0.717) is 5.92 Å². The summed E-state index contributed by atoms with van der Waals surface area (Å²) >= 11 is 0. The van der Waals surface area contributed by atoms with Crippen molar-refractivity contribution in [2.45, 2.75) is 113 Å². The number of esters is 1. The minimum absolute atomic E-state index is 0.0407. The van der Waals surface area contributed by atoms with Gasteiger partial charge in [0.2, 0.25) is 0 Å². The average Bonchev–Trinajstić information content (AvgIpc) is 2.48. The fraction of sp³-hybridized carbons (Fsp3) is 0.875. The Morgan fingerprint density at radius 3 is 1.92 bits per heavy atom. The first-order valence-corrected chi connectivity index (χ1v) is 10.5. The van der Waals surface area contributed by atoms with Crippen LogP contribution in [0.25, 0.3) is 0 Å². The summed E-state index contributed by atoms with van der Waals surface area (Å²) in [6.45, 7) is 25.5. The number of rotatable bonds is 10. The molecule has 0 heterocycles. The maximum Gasteiger partial charge on any atom is 0.312 e. The van der Waals surface area contributed by atoms with E-state index >= 15 is 0 Å². The lowest BCUT2D eigenvalue weighted by Crippen LogP contribution is -2.47. The van der Waals surface area contributed by atoms with E-state index < -0.39 is 11.0 Å². The summed E-state index contributed by atoms with van der Waals surface area (Å²) in [6.07, 6.45) is 7.83. The van der Waals surface area contributed by atoms with Crippen LogP contribution >= 0.6 is 0 Å². The number of ether oxygens (including phenoxy) is 1. The summed E-state index contributed by atoms with van der Waals surface area (Å²) in [5.74, 6) is 0.585. The third kappa shape index (κ3) is 7.45. The quantitative estimate of drug-likeness (QED) is 0.294. The molecular weight excluding hydrogens is 320 g/mol. The van der Waals surface area contributed by atoms with Crippen molar-refractivity contribution in [3.63, 3.8) is 0 Å². The fourth-order valence-electron chi connectivity index (χ4n) is 3.57. The van der Waals surface area contributed by atoms with Crippen LogP contribution in [0.4, 0.5) is 0 Å². The van der Waals surface area contributed by atoms with Crippen molar-refractivity contribution in [1.82, 2.24) is 0 Å². The molecule has 0 aromatic heterocycles. The van der Waals surface area contributed by atoms with Gasteiger partial charge in [0.05, 0.1) is 5.41 Å². The molecule has 0 fully saturated rings. The first-order chi connectivity index (χ1) is 11.6. The van der Waals surface area contributed by atoms with E-state index in [1.165, 1.54) is 0 Å². The smallest absolute Gasteiger partial charge is 0.312 e. The minimum Gasteiger partial charge on any atom is -0.459 e. The standard InChI is InChI=1S/C24H46O2/c1-12-15-19(13-2)16-17-23(10,14-3)26-20(25)24(11,22(7,8)9)18-21(4,5)6/h12,19H,1,13-18H2,2-11H3. The van der Waals surface area contributed by atoms with Crippen LogP contribution < -0.4 is 0 Å². The van der Waals surface area contributed by atoms with E-state index in [9.17, 15) is 4.79 Å². The molecule has 0 bridgehead atoms. The van der Waals surface area contributed by atoms with Crippen LogP contribution in [0.3, 0.4) is 0 Å². The van der Waals surface area contributed by atoms with E-state index in [1.54, 1.807) is 0 Å². The molecule has 0 aliphatic heterocycles. The Balaban J connectivity index is 5.37. The highest BCUT2D eigenvalue weighted by molar-refractivity contribution is 5.78. The number of carbonyl (C=O) groups excluding carboxylic acids is 1. The molecule has 0 rings (SSSR count). The monoisotopic (exact) mass is 366 g/mol. The van der Waals surface area contributed by atoms with Crippen LogP contribution in [0.1, 0.15) is 108 Å². The van der Waals surface area contributed by atoms with Crippen LogP contribution in [0.5, 0.6) is 0 Å². The molecule has 3 unspecified atom stereocenters. The van der Waals surface area contributed by atoms with Gasteiger partial charge in [-0.15, -0.1) is 6.58 Å². The van der Waals surface area contributed by atoms with Gasteiger partial charge in [0, 0.05) is 0 Å². The second-order valence-corrected chi connectivity index (χ2v) is 10.8. The highest BCUT2D eigenvalue weighted by Crippen LogP contribution is 2.48. The summed E-state index contributed by atoms with van der Waals surface area (Å²) in [5, 5.41) is 0. The van der Waals surface area contributed by atoms with Crippen molar-refractivity contribution in [2.24, 2.45) is 22.2 Å². The van der Waals surface area contributed by atoms with E-state index in [1.807, 2.05) is 6.08 Å². The zero-order valence-electron chi connectivity index (χ0n) is 19.4. The van der Waals surface area contributed by atoms with Gasteiger partial charge in [0.25, 0.3) is 0 Å². The van der Waals surface area contributed by atoms with Crippen LogP contribution in [0.15, 0.2) is 12.7 Å². The first-order valence-electron chi connectivity index (χ1n) is 10.5. The largest absolute Gasteiger partial charge is 0.459 e. The third-order valence-corrected chi connectivity index (χ3v) is 6.24. The van der Waals surface area contributed by atoms with Crippen LogP contribution in [0.2, 0.25) is 0 Å². The van der Waals surface area contributed by atoms with Gasteiger partial charge in [0.1, 0.15) is 5.60 Å². The highest BCUT2D eigenvalue weighted by Gasteiger charge is 2.49. The Labute approximate surface area is 164 Å². The summed E-state index contributed by atoms with van der Waals surface area (Å²) in [7, 11) is 0. The Bertz CT molecular complexity index is 452. The predicted octanol–water partition coefficient (Wildman–Crippen LogP) is 7.57. The van der Waals surface area contributed by atoms with E-state index in [4.69, 9.17) is 4.74 Å². The number of allylic oxidation sites excluding steroid dienone is 1. The second kappa shape index (κ2) is 9.42. The zero-order chi connectivity index (χ0) is 20.8. The maximum absolute atomic E-state index is 13.4. The van der Waals surface area contributed by atoms with Gasteiger partial charge >= 0.3 is 5.97 Å². The molecular formula is C24H46O2. The topological polar surface area (TPSA) is 26.3 Å². The summed E-state index contributed by atoms with van der Waals surface area (Å²) in [4.78, 5) is 13.4. The van der Waals surface area contributed by atoms with E-state index in [0.717, 1.165) is 38.5 Å². The Morgan fingerprint density at radius 1 is 1.04 bits per heavy atom. The molecule has 3 atom stereocenters. The van der Waals surface area contributed by atoms with Crippen molar-refractivity contribution < 1.29 is 9.53 Å². The van der Waals surface area contributed by atoms with Gasteiger partial charge in [-0.25, -0.2) is 0 Å². The molecule has 0 saturated carbocycles. The second-order valence-electron chi connectivity index (χ2n) is 10.8. The predicted molar refractivity (Wildman–Crippen MR) is 114 cm³/mol. The zero-order valence-corrected chi connectivity index (χ0v) is 19.4. The van der Waals surface area contributed by atoms with Crippen molar-refractivity contribution in [2.75, 3.05) is 0 Å². The molecule has 0 radical (unpaired) electrons. The molecule has 0 aromatic carbocycles. The molecule has 26 heavy (non-hydrogen) atoms.